The molecule has 0 radical (unpaired) electrons. The lowest BCUT2D eigenvalue weighted by atomic mass is 10.2. The Hall–Kier alpha value is -1.12. The van der Waals surface area contributed by atoms with E-state index in [0.29, 0.717) is 6.67 Å². The Morgan fingerprint density at radius 1 is 1.73 bits per heavy atom. The first-order valence-corrected chi connectivity index (χ1v) is 3.67. The normalized spacial score (nSPS) is 24.4. The van der Waals surface area contributed by atoms with E-state index in [1.54, 1.807) is 6.20 Å². The second kappa shape index (κ2) is 3.32. The minimum Gasteiger partial charge on any atom is -0.330 e. The molecule has 0 bridgehead atoms. The summed E-state index contributed by atoms with van der Waals surface area (Å²) in [4.78, 5) is 2.00. The van der Waals surface area contributed by atoms with Crippen molar-refractivity contribution in [3.8, 4) is 0 Å². The third-order valence-corrected chi connectivity index (χ3v) is 1.83. The maximum atomic E-state index is 4.07. The first-order chi connectivity index (χ1) is 5.29. The molecule has 0 aromatic heterocycles. The van der Waals surface area contributed by atoms with Gasteiger partial charge in [-0.05, 0) is 25.6 Å². The highest BCUT2D eigenvalue weighted by atomic mass is 15.4. The number of allylic oxidation sites excluding steroid dienone is 1. The quantitative estimate of drug-likeness (QED) is 0.556. The number of hydrogen-bond acceptors (Lipinski definition) is 3. The van der Waals surface area contributed by atoms with Crippen LogP contribution in [0.25, 0.3) is 0 Å². The third kappa shape index (κ3) is 1.48. The maximum absolute atomic E-state index is 4.07. The standard InChI is InChI=1S/C8H13N3/c1-4-7(3)8-10-9-6-11(8)5-2/h4-5,8H,2,6H2,1,3H3/b7-4-. The SMILES string of the molecule is C=CN1CN=NC1/C(C)=C\C. The molecule has 1 aliphatic heterocycles. The predicted molar refractivity (Wildman–Crippen MR) is 45.0 cm³/mol. The molecule has 0 aromatic rings. The van der Waals surface area contributed by atoms with Crippen LogP contribution in [0.4, 0.5) is 0 Å². The van der Waals surface area contributed by atoms with Crippen molar-refractivity contribution in [3.05, 3.63) is 24.4 Å². The van der Waals surface area contributed by atoms with E-state index in [2.05, 4.69) is 16.8 Å². The van der Waals surface area contributed by atoms with Gasteiger partial charge >= 0.3 is 0 Å². The van der Waals surface area contributed by atoms with Gasteiger partial charge in [0.1, 0.15) is 6.67 Å². The Morgan fingerprint density at radius 3 is 3.00 bits per heavy atom. The van der Waals surface area contributed by atoms with Gasteiger partial charge in [-0.15, -0.1) is 0 Å². The molecule has 1 aliphatic rings. The van der Waals surface area contributed by atoms with Crippen LogP contribution in [0.1, 0.15) is 13.8 Å². The van der Waals surface area contributed by atoms with E-state index in [1.165, 1.54) is 5.57 Å². The monoisotopic (exact) mass is 151 g/mol. The van der Waals surface area contributed by atoms with E-state index in [0.717, 1.165) is 0 Å². The van der Waals surface area contributed by atoms with E-state index in [-0.39, 0.29) is 6.17 Å². The lowest BCUT2D eigenvalue weighted by molar-refractivity contribution is 0.376. The summed E-state index contributed by atoms with van der Waals surface area (Å²) in [5.74, 6) is 0. The van der Waals surface area contributed by atoms with Crippen molar-refractivity contribution in [1.29, 1.82) is 0 Å². The van der Waals surface area contributed by atoms with Gasteiger partial charge in [-0.1, -0.05) is 12.7 Å². The summed E-state index contributed by atoms with van der Waals surface area (Å²) in [5, 5.41) is 8.00. The van der Waals surface area contributed by atoms with Crippen molar-refractivity contribution < 1.29 is 0 Å². The number of azo groups is 1. The van der Waals surface area contributed by atoms with Crippen LogP contribution in [0.15, 0.2) is 34.7 Å². The number of rotatable bonds is 2. The summed E-state index contributed by atoms with van der Waals surface area (Å²) in [6, 6.07) is 0. The fraction of sp³-hybridized carbons (Fsp3) is 0.500. The van der Waals surface area contributed by atoms with Crippen molar-refractivity contribution in [2.45, 2.75) is 20.0 Å². The molecule has 1 unspecified atom stereocenters. The molecular formula is C8H13N3. The van der Waals surface area contributed by atoms with E-state index in [1.807, 2.05) is 24.8 Å². The molecule has 0 fully saturated rings. The molecule has 1 atom stereocenters. The van der Waals surface area contributed by atoms with Crippen LogP contribution in [0.5, 0.6) is 0 Å². The summed E-state index contributed by atoms with van der Waals surface area (Å²) in [6.07, 6.45) is 3.92. The zero-order chi connectivity index (χ0) is 8.27. The van der Waals surface area contributed by atoms with Crippen molar-refractivity contribution in [1.82, 2.24) is 4.90 Å². The second-order valence-electron chi connectivity index (χ2n) is 2.50. The van der Waals surface area contributed by atoms with Crippen LogP contribution in [-0.2, 0) is 0 Å². The van der Waals surface area contributed by atoms with Gasteiger partial charge in [0.25, 0.3) is 0 Å². The second-order valence-corrected chi connectivity index (χ2v) is 2.50. The average Bonchev–Trinajstić information content (AvgIpc) is 2.50. The highest BCUT2D eigenvalue weighted by Crippen LogP contribution is 2.17. The highest BCUT2D eigenvalue weighted by molar-refractivity contribution is 5.08. The summed E-state index contributed by atoms with van der Waals surface area (Å²) in [5.41, 5.74) is 1.21. The van der Waals surface area contributed by atoms with Crippen molar-refractivity contribution in [2.24, 2.45) is 10.2 Å². The summed E-state index contributed by atoms with van der Waals surface area (Å²) >= 11 is 0. The van der Waals surface area contributed by atoms with E-state index >= 15 is 0 Å². The van der Waals surface area contributed by atoms with Gasteiger partial charge in [-0.3, -0.25) is 0 Å². The summed E-state index contributed by atoms with van der Waals surface area (Å²) in [6.45, 7) is 8.38. The maximum Gasteiger partial charge on any atom is 0.164 e. The Labute approximate surface area is 67.1 Å². The van der Waals surface area contributed by atoms with E-state index < -0.39 is 0 Å². The number of hydrogen-bond donors (Lipinski definition) is 0. The van der Waals surface area contributed by atoms with Crippen LogP contribution in [0.3, 0.4) is 0 Å². The molecule has 0 saturated carbocycles. The third-order valence-electron chi connectivity index (χ3n) is 1.83. The molecule has 0 aliphatic carbocycles. The molecule has 60 valence electrons. The van der Waals surface area contributed by atoms with Crippen LogP contribution in [-0.4, -0.2) is 17.7 Å². The van der Waals surface area contributed by atoms with Crippen LogP contribution < -0.4 is 0 Å². The lowest BCUT2D eigenvalue weighted by Gasteiger charge is -2.18. The summed E-state index contributed by atoms with van der Waals surface area (Å²) in [7, 11) is 0. The molecule has 0 N–H and O–H groups in total. The first-order valence-electron chi connectivity index (χ1n) is 3.67. The molecule has 11 heavy (non-hydrogen) atoms. The van der Waals surface area contributed by atoms with Crippen LogP contribution in [0, 0.1) is 0 Å². The lowest BCUT2D eigenvalue weighted by Crippen LogP contribution is -2.24. The highest BCUT2D eigenvalue weighted by Gasteiger charge is 2.19. The average molecular weight is 151 g/mol. The molecule has 0 amide bonds. The zero-order valence-electron chi connectivity index (χ0n) is 6.99. The van der Waals surface area contributed by atoms with Gasteiger partial charge < -0.3 is 4.90 Å². The Bertz CT molecular complexity index is 205. The first kappa shape index (κ1) is 7.98. The van der Waals surface area contributed by atoms with Gasteiger partial charge in [0, 0.05) is 0 Å². The Balaban J connectivity index is 2.70. The fourth-order valence-corrected chi connectivity index (χ4v) is 0.990. The van der Waals surface area contributed by atoms with Crippen molar-refractivity contribution in [3.63, 3.8) is 0 Å². The zero-order valence-corrected chi connectivity index (χ0v) is 6.99. The molecule has 3 heteroatoms. The van der Waals surface area contributed by atoms with Gasteiger partial charge in [0.2, 0.25) is 0 Å². The Morgan fingerprint density at radius 2 is 2.45 bits per heavy atom. The molecule has 0 saturated heterocycles. The minimum absolute atomic E-state index is 0.0949. The molecule has 0 aromatic carbocycles. The molecule has 1 heterocycles. The van der Waals surface area contributed by atoms with Gasteiger partial charge in [-0.25, -0.2) is 0 Å². The number of nitrogens with zero attached hydrogens (tertiary/aromatic N) is 3. The van der Waals surface area contributed by atoms with Gasteiger partial charge in [0.15, 0.2) is 6.17 Å². The van der Waals surface area contributed by atoms with Gasteiger partial charge in [-0.2, -0.15) is 10.2 Å². The van der Waals surface area contributed by atoms with E-state index in [4.69, 9.17) is 0 Å². The molecule has 3 nitrogen and oxygen atoms in total. The van der Waals surface area contributed by atoms with Crippen LogP contribution >= 0.6 is 0 Å². The largest absolute Gasteiger partial charge is 0.330 e. The topological polar surface area (TPSA) is 28.0 Å². The van der Waals surface area contributed by atoms with Crippen molar-refractivity contribution in [2.75, 3.05) is 6.67 Å². The predicted octanol–water partition coefficient (Wildman–Crippen LogP) is 2.15. The van der Waals surface area contributed by atoms with E-state index in [9.17, 15) is 0 Å². The fourth-order valence-electron chi connectivity index (χ4n) is 0.990. The molecule has 1 rings (SSSR count). The smallest absolute Gasteiger partial charge is 0.164 e. The molecule has 0 spiro atoms. The van der Waals surface area contributed by atoms with Gasteiger partial charge in [0.05, 0.1) is 0 Å². The van der Waals surface area contributed by atoms with Crippen molar-refractivity contribution >= 4 is 0 Å². The Kier molecular flexibility index (Phi) is 2.41. The summed E-state index contributed by atoms with van der Waals surface area (Å²) < 4.78 is 0. The van der Waals surface area contributed by atoms with Crippen LogP contribution in [0.2, 0.25) is 0 Å². The molecular weight excluding hydrogens is 138 g/mol. The minimum atomic E-state index is 0.0949.